The van der Waals surface area contributed by atoms with Crippen LogP contribution in [-0.2, 0) is 17.8 Å². The molecule has 3 heteroatoms. The smallest absolute Gasteiger partial charge is 0.161 e. The van der Waals surface area contributed by atoms with Crippen molar-refractivity contribution in [3.63, 3.8) is 0 Å². The van der Waals surface area contributed by atoms with E-state index in [4.69, 9.17) is 14.2 Å². The summed E-state index contributed by atoms with van der Waals surface area (Å²) in [6.07, 6.45) is 5.07. The van der Waals surface area contributed by atoms with Crippen molar-refractivity contribution in [2.45, 2.75) is 13.0 Å². The molecule has 1 heterocycles. The van der Waals surface area contributed by atoms with Crippen LogP contribution in [-0.4, -0.2) is 20.8 Å². The Kier molecular flexibility index (Phi) is 3.47. The van der Waals surface area contributed by atoms with Crippen LogP contribution in [0.3, 0.4) is 0 Å². The Morgan fingerprint density at radius 2 is 1.69 bits per heavy atom. The van der Waals surface area contributed by atoms with Crippen molar-refractivity contribution in [3.05, 3.63) is 35.4 Å². The van der Waals surface area contributed by atoms with E-state index in [1.165, 1.54) is 11.1 Å². The van der Waals surface area contributed by atoms with Gasteiger partial charge in [-0.2, -0.15) is 0 Å². The van der Waals surface area contributed by atoms with Gasteiger partial charge in [-0.15, -0.1) is 0 Å². The Morgan fingerprint density at radius 3 is 2.38 bits per heavy atom. The highest BCUT2D eigenvalue weighted by molar-refractivity contribution is 5.48. The summed E-state index contributed by atoms with van der Waals surface area (Å²) in [5.74, 6) is 1.53. The van der Waals surface area contributed by atoms with Crippen molar-refractivity contribution in [2.75, 3.05) is 20.8 Å². The van der Waals surface area contributed by atoms with Crippen LogP contribution in [0.15, 0.2) is 24.3 Å². The maximum atomic E-state index is 5.49. The van der Waals surface area contributed by atoms with Crippen LogP contribution < -0.4 is 9.47 Å². The van der Waals surface area contributed by atoms with E-state index in [2.05, 4.69) is 6.08 Å². The van der Waals surface area contributed by atoms with Crippen LogP contribution >= 0.6 is 0 Å². The molecule has 0 N–H and O–H groups in total. The minimum Gasteiger partial charge on any atom is -0.493 e. The molecule has 1 aromatic rings. The lowest BCUT2D eigenvalue weighted by Crippen LogP contribution is -2.03. The van der Waals surface area contributed by atoms with E-state index in [0.717, 1.165) is 17.9 Å². The predicted octanol–water partition coefficient (Wildman–Crippen LogP) is 2.33. The highest BCUT2D eigenvalue weighted by Gasteiger charge is 2.11. The fraction of sp³-hybridized carbons (Fsp3) is 0.385. The van der Waals surface area contributed by atoms with E-state index < -0.39 is 0 Å². The van der Waals surface area contributed by atoms with E-state index in [-0.39, 0.29) is 0 Å². The summed E-state index contributed by atoms with van der Waals surface area (Å²) < 4.78 is 16.1. The summed E-state index contributed by atoms with van der Waals surface area (Å²) >= 11 is 0. The molecule has 1 aromatic carbocycles. The number of ether oxygens (including phenoxy) is 3. The molecular weight excluding hydrogens is 204 g/mol. The quantitative estimate of drug-likeness (QED) is 0.716. The van der Waals surface area contributed by atoms with Crippen LogP contribution in [0, 0.1) is 0 Å². The lowest BCUT2D eigenvalue weighted by molar-refractivity contribution is 0.146. The fourth-order valence-electron chi connectivity index (χ4n) is 1.80. The molecule has 2 rings (SSSR count). The SMILES string of the molecule is COc1cc2c(cc1OC)COC/C=C\C2. The largest absolute Gasteiger partial charge is 0.493 e. The topological polar surface area (TPSA) is 27.7 Å². The predicted molar refractivity (Wildman–Crippen MR) is 62.0 cm³/mol. The minimum atomic E-state index is 0.625. The summed E-state index contributed by atoms with van der Waals surface area (Å²) in [5, 5.41) is 0. The highest BCUT2D eigenvalue weighted by Crippen LogP contribution is 2.31. The van der Waals surface area contributed by atoms with Gasteiger partial charge in [-0.1, -0.05) is 12.2 Å². The molecule has 0 saturated heterocycles. The van der Waals surface area contributed by atoms with Crippen LogP contribution in [0.2, 0.25) is 0 Å². The van der Waals surface area contributed by atoms with E-state index in [1.807, 2.05) is 18.2 Å². The molecule has 0 atom stereocenters. The molecule has 0 amide bonds. The van der Waals surface area contributed by atoms with Gasteiger partial charge in [0.2, 0.25) is 0 Å². The second-order valence-electron chi connectivity index (χ2n) is 3.67. The van der Waals surface area contributed by atoms with Crippen molar-refractivity contribution >= 4 is 0 Å². The fourth-order valence-corrected chi connectivity index (χ4v) is 1.80. The maximum Gasteiger partial charge on any atom is 0.161 e. The zero-order chi connectivity index (χ0) is 11.4. The Balaban J connectivity index is 2.41. The van der Waals surface area contributed by atoms with Crippen LogP contribution in [0.4, 0.5) is 0 Å². The van der Waals surface area contributed by atoms with Crippen molar-refractivity contribution in [1.29, 1.82) is 0 Å². The third kappa shape index (κ3) is 2.19. The van der Waals surface area contributed by atoms with Gasteiger partial charge in [0.15, 0.2) is 11.5 Å². The average molecular weight is 220 g/mol. The lowest BCUT2D eigenvalue weighted by atomic mass is 10.0. The Hall–Kier alpha value is -1.48. The average Bonchev–Trinajstić information content (AvgIpc) is 2.29. The van der Waals surface area contributed by atoms with E-state index >= 15 is 0 Å². The number of hydrogen-bond acceptors (Lipinski definition) is 3. The first-order valence-electron chi connectivity index (χ1n) is 5.31. The van der Waals surface area contributed by atoms with Gasteiger partial charge in [0.05, 0.1) is 27.4 Å². The zero-order valence-electron chi connectivity index (χ0n) is 9.66. The summed E-state index contributed by atoms with van der Waals surface area (Å²) in [5.41, 5.74) is 2.40. The molecule has 0 fully saturated rings. The van der Waals surface area contributed by atoms with Gasteiger partial charge in [0, 0.05) is 0 Å². The van der Waals surface area contributed by atoms with Gasteiger partial charge in [-0.3, -0.25) is 0 Å². The van der Waals surface area contributed by atoms with E-state index in [9.17, 15) is 0 Å². The molecule has 0 bridgehead atoms. The van der Waals surface area contributed by atoms with E-state index in [1.54, 1.807) is 14.2 Å². The summed E-state index contributed by atoms with van der Waals surface area (Å²) in [6, 6.07) is 4.01. The number of fused-ring (bicyclic) bond motifs is 1. The molecule has 0 aromatic heterocycles. The van der Waals surface area contributed by atoms with Gasteiger partial charge in [0.25, 0.3) is 0 Å². The third-order valence-corrected chi connectivity index (χ3v) is 2.68. The number of allylic oxidation sites excluding steroid dienone is 1. The molecule has 0 aliphatic carbocycles. The number of benzene rings is 1. The second kappa shape index (κ2) is 5.03. The molecule has 3 nitrogen and oxygen atoms in total. The first-order valence-corrected chi connectivity index (χ1v) is 5.31. The molecule has 0 saturated carbocycles. The molecule has 0 radical (unpaired) electrons. The molecular formula is C13H16O3. The second-order valence-corrected chi connectivity index (χ2v) is 3.67. The number of hydrogen-bond donors (Lipinski definition) is 0. The van der Waals surface area contributed by atoms with Gasteiger partial charge in [0.1, 0.15) is 0 Å². The summed E-state index contributed by atoms with van der Waals surface area (Å²) in [4.78, 5) is 0. The molecule has 0 unspecified atom stereocenters. The summed E-state index contributed by atoms with van der Waals surface area (Å²) in [7, 11) is 3.30. The maximum absolute atomic E-state index is 5.49. The van der Waals surface area contributed by atoms with Crippen LogP contribution in [0.25, 0.3) is 0 Å². The third-order valence-electron chi connectivity index (χ3n) is 2.68. The first-order chi connectivity index (χ1) is 7.85. The highest BCUT2D eigenvalue weighted by atomic mass is 16.5. The molecule has 1 aliphatic rings. The van der Waals surface area contributed by atoms with Gasteiger partial charge >= 0.3 is 0 Å². The summed E-state index contributed by atoms with van der Waals surface area (Å²) in [6.45, 7) is 1.30. The number of rotatable bonds is 2. The Labute approximate surface area is 95.6 Å². The standard InChI is InChI=1S/C13H16O3/c1-14-12-7-10-5-3-4-6-16-9-11(10)8-13(12)15-2/h3-4,7-8H,5-6,9H2,1-2H3/b4-3-. The van der Waals surface area contributed by atoms with E-state index in [0.29, 0.717) is 13.2 Å². The molecule has 16 heavy (non-hydrogen) atoms. The molecule has 86 valence electrons. The Morgan fingerprint density at radius 1 is 1.00 bits per heavy atom. The van der Waals surface area contributed by atoms with Gasteiger partial charge < -0.3 is 14.2 Å². The normalized spacial score (nSPS) is 16.9. The van der Waals surface area contributed by atoms with Crippen LogP contribution in [0.5, 0.6) is 11.5 Å². The molecule has 1 aliphatic heterocycles. The van der Waals surface area contributed by atoms with Crippen molar-refractivity contribution in [2.24, 2.45) is 0 Å². The van der Waals surface area contributed by atoms with Crippen molar-refractivity contribution in [3.8, 4) is 11.5 Å². The lowest BCUT2D eigenvalue weighted by Gasteiger charge is -2.15. The number of methoxy groups -OCH3 is 2. The molecule has 0 spiro atoms. The first kappa shape index (κ1) is 11.0. The van der Waals surface area contributed by atoms with Crippen molar-refractivity contribution < 1.29 is 14.2 Å². The van der Waals surface area contributed by atoms with Crippen molar-refractivity contribution in [1.82, 2.24) is 0 Å². The Bertz CT molecular complexity index is 396. The van der Waals surface area contributed by atoms with Gasteiger partial charge in [-0.05, 0) is 29.7 Å². The monoisotopic (exact) mass is 220 g/mol. The van der Waals surface area contributed by atoms with Gasteiger partial charge in [-0.25, -0.2) is 0 Å². The minimum absolute atomic E-state index is 0.625. The van der Waals surface area contributed by atoms with Crippen LogP contribution in [0.1, 0.15) is 11.1 Å². The zero-order valence-corrected chi connectivity index (χ0v) is 9.66.